The second-order valence-corrected chi connectivity index (χ2v) is 5.45. The fourth-order valence-corrected chi connectivity index (χ4v) is 2.18. The molecule has 2 rings (SSSR count). The third-order valence-corrected chi connectivity index (χ3v) is 3.43. The summed E-state index contributed by atoms with van der Waals surface area (Å²) in [5.41, 5.74) is 0.531. The Hall–Kier alpha value is -3.40. The second-order valence-electron chi connectivity index (χ2n) is 5.45. The molecule has 0 saturated carbocycles. The van der Waals surface area contributed by atoms with E-state index in [4.69, 9.17) is 10.00 Å². The molecule has 0 fully saturated rings. The first-order chi connectivity index (χ1) is 12.0. The molecule has 0 aliphatic carbocycles. The van der Waals surface area contributed by atoms with E-state index in [9.17, 15) is 14.9 Å². The van der Waals surface area contributed by atoms with Gasteiger partial charge in [0.25, 0.3) is 11.6 Å². The van der Waals surface area contributed by atoms with E-state index in [2.05, 4.69) is 5.32 Å². The van der Waals surface area contributed by atoms with E-state index in [0.717, 1.165) is 5.56 Å². The largest absolute Gasteiger partial charge is 0.489 e. The quantitative estimate of drug-likeness (QED) is 0.616. The fourth-order valence-electron chi connectivity index (χ4n) is 2.18. The molecule has 1 amide bonds. The summed E-state index contributed by atoms with van der Waals surface area (Å²) in [6.07, 6.45) is 0.115. The monoisotopic (exact) mass is 339 g/mol. The Morgan fingerprint density at radius 3 is 2.68 bits per heavy atom. The molecule has 2 aromatic carbocycles. The molecule has 0 unspecified atom stereocenters. The summed E-state index contributed by atoms with van der Waals surface area (Å²) in [5.74, 6) is -0.257. The summed E-state index contributed by atoms with van der Waals surface area (Å²) in [7, 11) is 0. The van der Waals surface area contributed by atoms with E-state index in [1.165, 1.54) is 18.2 Å². The second kappa shape index (κ2) is 8.45. The minimum Gasteiger partial charge on any atom is -0.489 e. The number of nitrogens with zero attached hydrogens (tertiary/aromatic N) is 2. The Labute approximate surface area is 145 Å². The third kappa shape index (κ3) is 5.04. The van der Waals surface area contributed by atoms with Gasteiger partial charge in [0.05, 0.1) is 17.4 Å². The predicted molar refractivity (Wildman–Crippen MR) is 91.0 cm³/mol. The van der Waals surface area contributed by atoms with E-state index in [-0.39, 0.29) is 24.3 Å². The maximum atomic E-state index is 12.3. The Balaban J connectivity index is 2.19. The number of carbonyl (C=O) groups is 1. The third-order valence-electron chi connectivity index (χ3n) is 3.43. The van der Waals surface area contributed by atoms with Crippen molar-refractivity contribution in [3.63, 3.8) is 0 Å². The lowest BCUT2D eigenvalue weighted by atomic mass is 10.1. The fraction of sp³-hybridized carbons (Fsp3) is 0.222. The van der Waals surface area contributed by atoms with Crippen LogP contribution in [0.5, 0.6) is 5.75 Å². The number of nitro groups is 1. The molecule has 0 heterocycles. The van der Waals surface area contributed by atoms with Gasteiger partial charge in [0.1, 0.15) is 17.9 Å². The van der Waals surface area contributed by atoms with Crippen LogP contribution >= 0.6 is 0 Å². The summed E-state index contributed by atoms with van der Waals surface area (Å²) >= 11 is 0. The van der Waals surface area contributed by atoms with Gasteiger partial charge in [-0.15, -0.1) is 0 Å². The van der Waals surface area contributed by atoms with Crippen molar-refractivity contribution in [1.82, 2.24) is 5.32 Å². The number of carbonyl (C=O) groups excluding carboxylic acids is 1. The minimum atomic E-state index is -0.620. The lowest BCUT2D eigenvalue weighted by molar-refractivity contribution is -0.385. The molecule has 2 aromatic rings. The predicted octanol–water partition coefficient (Wildman–Crippen LogP) is 3.21. The average molecular weight is 339 g/mol. The maximum Gasteiger partial charge on any atom is 0.282 e. The highest BCUT2D eigenvalue weighted by atomic mass is 16.6. The van der Waals surface area contributed by atoms with Crippen molar-refractivity contribution in [3.8, 4) is 11.8 Å². The number of nitriles is 1. The number of hydrogen-bond donors (Lipinski definition) is 1. The first-order valence-corrected chi connectivity index (χ1v) is 7.64. The Bertz CT molecular complexity index is 800. The van der Waals surface area contributed by atoms with Gasteiger partial charge in [-0.3, -0.25) is 14.9 Å². The van der Waals surface area contributed by atoms with Crippen LogP contribution in [0.1, 0.15) is 29.3 Å². The minimum absolute atomic E-state index is 0.0969. The lowest BCUT2D eigenvalue weighted by Gasteiger charge is -2.12. The summed E-state index contributed by atoms with van der Waals surface area (Å²) in [5, 5.41) is 22.4. The Morgan fingerprint density at radius 2 is 2.04 bits per heavy atom. The van der Waals surface area contributed by atoms with Crippen LogP contribution in [0.3, 0.4) is 0 Å². The molecule has 0 bridgehead atoms. The SMILES string of the molecule is C[C@H](CC#N)NC(=O)c1cc(OCc2ccccc2)ccc1[N+](=O)[O-]. The van der Waals surface area contributed by atoms with Gasteiger partial charge in [0.15, 0.2) is 0 Å². The van der Waals surface area contributed by atoms with Crippen molar-refractivity contribution in [2.45, 2.75) is 26.0 Å². The van der Waals surface area contributed by atoms with Crippen molar-refractivity contribution < 1.29 is 14.5 Å². The number of hydrogen-bond acceptors (Lipinski definition) is 5. The zero-order valence-corrected chi connectivity index (χ0v) is 13.6. The van der Waals surface area contributed by atoms with E-state index >= 15 is 0 Å². The molecule has 1 N–H and O–H groups in total. The molecular formula is C18H17N3O4. The van der Waals surface area contributed by atoms with Crippen molar-refractivity contribution in [1.29, 1.82) is 5.26 Å². The smallest absolute Gasteiger partial charge is 0.282 e. The molecule has 25 heavy (non-hydrogen) atoms. The van der Waals surface area contributed by atoms with Crippen LogP contribution < -0.4 is 10.1 Å². The van der Waals surface area contributed by atoms with Crippen LogP contribution in [0.15, 0.2) is 48.5 Å². The van der Waals surface area contributed by atoms with Crippen LogP contribution in [0.4, 0.5) is 5.69 Å². The lowest BCUT2D eigenvalue weighted by Crippen LogP contribution is -2.32. The van der Waals surface area contributed by atoms with Gasteiger partial charge in [-0.25, -0.2) is 0 Å². The average Bonchev–Trinajstić information content (AvgIpc) is 2.60. The van der Waals surface area contributed by atoms with E-state index in [1.807, 2.05) is 36.4 Å². The highest BCUT2D eigenvalue weighted by molar-refractivity contribution is 5.98. The van der Waals surface area contributed by atoms with Gasteiger partial charge < -0.3 is 10.1 Å². The normalized spacial score (nSPS) is 11.2. The van der Waals surface area contributed by atoms with Crippen LogP contribution in [0, 0.1) is 21.4 Å². The molecule has 1 atom stereocenters. The van der Waals surface area contributed by atoms with Gasteiger partial charge in [-0.05, 0) is 24.6 Å². The highest BCUT2D eigenvalue weighted by Gasteiger charge is 2.22. The maximum absolute atomic E-state index is 12.3. The number of nitrogens with one attached hydrogen (secondary N) is 1. The van der Waals surface area contributed by atoms with Crippen LogP contribution in [-0.2, 0) is 6.61 Å². The van der Waals surface area contributed by atoms with Crippen molar-refractivity contribution in [2.75, 3.05) is 0 Å². The van der Waals surface area contributed by atoms with Crippen LogP contribution in [0.2, 0.25) is 0 Å². The summed E-state index contributed by atoms with van der Waals surface area (Å²) in [6.45, 7) is 1.94. The highest BCUT2D eigenvalue weighted by Crippen LogP contribution is 2.25. The molecule has 0 aliphatic rings. The van der Waals surface area contributed by atoms with E-state index in [0.29, 0.717) is 5.75 Å². The van der Waals surface area contributed by atoms with Gasteiger partial charge in [0.2, 0.25) is 0 Å². The topological polar surface area (TPSA) is 105 Å². The standard InChI is InChI=1S/C18H17N3O4/c1-13(9-10-19)20-18(22)16-11-15(7-8-17(16)21(23)24)25-12-14-5-3-2-4-6-14/h2-8,11,13H,9,12H2,1H3,(H,20,22)/t13-/m1/s1. The number of benzene rings is 2. The molecule has 0 spiro atoms. The van der Waals surface area contributed by atoms with Crippen molar-refractivity contribution >= 4 is 11.6 Å². The molecule has 7 heteroatoms. The number of amides is 1. The summed E-state index contributed by atoms with van der Waals surface area (Å²) in [6, 6.07) is 15.0. The van der Waals surface area contributed by atoms with E-state index < -0.39 is 16.9 Å². The van der Waals surface area contributed by atoms with Crippen LogP contribution in [-0.4, -0.2) is 16.9 Å². The first-order valence-electron chi connectivity index (χ1n) is 7.64. The number of ether oxygens (including phenoxy) is 1. The van der Waals surface area contributed by atoms with Gasteiger partial charge >= 0.3 is 0 Å². The van der Waals surface area contributed by atoms with Gasteiger partial charge in [-0.1, -0.05) is 30.3 Å². The van der Waals surface area contributed by atoms with Crippen molar-refractivity contribution in [3.05, 3.63) is 69.8 Å². The molecule has 7 nitrogen and oxygen atoms in total. The summed E-state index contributed by atoms with van der Waals surface area (Å²) < 4.78 is 5.62. The molecular weight excluding hydrogens is 322 g/mol. The molecule has 0 aliphatic heterocycles. The molecule has 0 aromatic heterocycles. The van der Waals surface area contributed by atoms with E-state index in [1.54, 1.807) is 6.92 Å². The Morgan fingerprint density at radius 1 is 1.32 bits per heavy atom. The zero-order valence-electron chi connectivity index (χ0n) is 13.6. The van der Waals surface area contributed by atoms with Crippen molar-refractivity contribution in [2.24, 2.45) is 0 Å². The van der Waals surface area contributed by atoms with Gasteiger partial charge in [0, 0.05) is 12.1 Å². The summed E-state index contributed by atoms with van der Waals surface area (Å²) in [4.78, 5) is 22.8. The zero-order chi connectivity index (χ0) is 18.2. The molecule has 0 saturated heterocycles. The number of rotatable bonds is 7. The van der Waals surface area contributed by atoms with Crippen LogP contribution in [0.25, 0.3) is 0 Å². The molecule has 0 radical (unpaired) electrons. The molecule has 128 valence electrons. The first kappa shape index (κ1) is 17.9. The number of nitro benzene ring substituents is 1. The van der Waals surface area contributed by atoms with Gasteiger partial charge in [-0.2, -0.15) is 5.26 Å². The Kier molecular flexibility index (Phi) is 6.07.